The zero-order valence-electron chi connectivity index (χ0n) is 17.0. The van der Waals surface area contributed by atoms with Gasteiger partial charge in [0.05, 0.1) is 0 Å². The molecule has 0 unspecified atom stereocenters. The SMILES string of the molecule is Cc1oc(-n2cccc2)c(C#N)c1C(=O)OCC(=O)NCc1ccc(N(C)C)cc1. The number of ether oxygens (including phenoxy) is 1. The van der Waals surface area contributed by atoms with E-state index in [-0.39, 0.29) is 22.8 Å². The van der Waals surface area contributed by atoms with Crippen molar-refractivity contribution in [2.75, 3.05) is 25.6 Å². The molecule has 2 heterocycles. The van der Waals surface area contributed by atoms with E-state index >= 15 is 0 Å². The van der Waals surface area contributed by atoms with Crippen LogP contribution in [0, 0.1) is 18.3 Å². The van der Waals surface area contributed by atoms with Crippen LogP contribution in [0.5, 0.6) is 0 Å². The van der Waals surface area contributed by atoms with Crippen molar-refractivity contribution in [3.8, 4) is 12.0 Å². The van der Waals surface area contributed by atoms with Crippen LogP contribution in [0.4, 0.5) is 5.69 Å². The number of aryl methyl sites for hydroxylation is 1. The number of carbonyl (C=O) groups excluding carboxylic acids is 2. The first-order valence-electron chi connectivity index (χ1n) is 9.27. The van der Waals surface area contributed by atoms with Gasteiger partial charge >= 0.3 is 5.97 Å². The molecule has 1 amide bonds. The second-order valence-corrected chi connectivity index (χ2v) is 6.83. The molecule has 3 rings (SSSR count). The maximum atomic E-state index is 12.5. The fraction of sp³-hybridized carbons (Fsp3) is 0.227. The molecule has 0 saturated heterocycles. The van der Waals surface area contributed by atoms with Crippen LogP contribution in [0.2, 0.25) is 0 Å². The van der Waals surface area contributed by atoms with Crippen LogP contribution in [0.1, 0.15) is 27.2 Å². The molecule has 3 aromatic rings. The van der Waals surface area contributed by atoms with Gasteiger partial charge in [0, 0.05) is 38.7 Å². The summed E-state index contributed by atoms with van der Waals surface area (Å²) in [4.78, 5) is 26.5. The van der Waals surface area contributed by atoms with E-state index in [0.717, 1.165) is 11.3 Å². The minimum absolute atomic E-state index is 0.0216. The lowest BCUT2D eigenvalue weighted by atomic mass is 10.1. The lowest BCUT2D eigenvalue weighted by Gasteiger charge is -2.13. The summed E-state index contributed by atoms with van der Waals surface area (Å²) in [6, 6.07) is 13.3. The number of amides is 1. The predicted molar refractivity (Wildman–Crippen MR) is 110 cm³/mol. The van der Waals surface area contributed by atoms with E-state index in [4.69, 9.17) is 9.15 Å². The first-order chi connectivity index (χ1) is 14.4. The Morgan fingerprint density at radius 3 is 2.47 bits per heavy atom. The molecule has 0 aliphatic carbocycles. The van der Waals surface area contributed by atoms with Gasteiger partial charge in [-0.25, -0.2) is 4.79 Å². The molecule has 1 N–H and O–H groups in total. The fourth-order valence-electron chi connectivity index (χ4n) is 2.90. The van der Waals surface area contributed by atoms with Gasteiger partial charge in [0.25, 0.3) is 5.91 Å². The number of nitriles is 1. The number of hydrogen-bond acceptors (Lipinski definition) is 6. The Labute approximate surface area is 174 Å². The zero-order chi connectivity index (χ0) is 21.7. The Kier molecular flexibility index (Phi) is 6.23. The normalized spacial score (nSPS) is 10.3. The van der Waals surface area contributed by atoms with Crippen LogP contribution in [0.15, 0.2) is 53.2 Å². The van der Waals surface area contributed by atoms with Crippen molar-refractivity contribution in [3.05, 3.63) is 71.2 Å². The van der Waals surface area contributed by atoms with Crippen LogP contribution in [-0.4, -0.2) is 37.1 Å². The number of anilines is 1. The van der Waals surface area contributed by atoms with Gasteiger partial charge in [-0.05, 0) is 36.8 Å². The molecule has 0 spiro atoms. The van der Waals surface area contributed by atoms with E-state index in [2.05, 4.69) is 5.32 Å². The van der Waals surface area contributed by atoms with Crippen molar-refractivity contribution < 1.29 is 18.7 Å². The Balaban J connectivity index is 1.59. The Morgan fingerprint density at radius 1 is 1.20 bits per heavy atom. The van der Waals surface area contributed by atoms with Crippen LogP contribution in [0.3, 0.4) is 0 Å². The topological polar surface area (TPSA) is 100 Å². The third-order valence-corrected chi connectivity index (χ3v) is 4.50. The summed E-state index contributed by atoms with van der Waals surface area (Å²) in [6.45, 7) is 1.43. The highest BCUT2D eigenvalue weighted by Gasteiger charge is 2.26. The van der Waals surface area contributed by atoms with Crippen LogP contribution in [0.25, 0.3) is 5.88 Å². The molecule has 0 atom stereocenters. The first kappa shape index (κ1) is 20.7. The minimum Gasteiger partial charge on any atom is -0.452 e. The lowest BCUT2D eigenvalue weighted by Crippen LogP contribution is -2.28. The average molecular weight is 406 g/mol. The highest BCUT2D eigenvalue weighted by atomic mass is 16.5. The second-order valence-electron chi connectivity index (χ2n) is 6.83. The molecule has 0 fully saturated rings. The molecule has 8 heteroatoms. The van der Waals surface area contributed by atoms with Gasteiger partial charge in [0.1, 0.15) is 23.0 Å². The smallest absolute Gasteiger partial charge is 0.343 e. The van der Waals surface area contributed by atoms with Crippen molar-refractivity contribution in [2.24, 2.45) is 0 Å². The summed E-state index contributed by atoms with van der Waals surface area (Å²) in [7, 11) is 3.90. The van der Waals surface area contributed by atoms with Gasteiger partial charge in [-0.1, -0.05) is 12.1 Å². The molecule has 0 aliphatic heterocycles. The Bertz CT molecular complexity index is 1070. The largest absolute Gasteiger partial charge is 0.452 e. The highest BCUT2D eigenvalue weighted by Crippen LogP contribution is 2.26. The maximum absolute atomic E-state index is 12.5. The molecule has 2 aromatic heterocycles. The van der Waals surface area contributed by atoms with Gasteiger partial charge in [-0.15, -0.1) is 0 Å². The maximum Gasteiger partial charge on any atom is 0.343 e. The number of esters is 1. The van der Waals surface area contributed by atoms with E-state index in [1.54, 1.807) is 36.0 Å². The summed E-state index contributed by atoms with van der Waals surface area (Å²) in [6.07, 6.45) is 3.40. The molecule has 154 valence electrons. The number of carbonyl (C=O) groups is 2. The van der Waals surface area contributed by atoms with Gasteiger partial charge in [0.15, 0.2) is 6.61 Å². The second kappa shape index (κ2) is 9.01. The number of rotatable bonds is 7. The monoisotopic (exact) mass is 406 g/mol. The minimum atomic E-state index is -0.781. The van der Waals surface area contributed by atoms with Crippen molar-refractivity contribution in [2.45, 2.75) is 13.5 Å². The molecule has 0 aliphatic rings. The van der Waals surface area contributed by atoms with Gasteiger partial charge in [-0.2, -0.15) is 5.26 Å². The lowest BCUT2D eigenvalue weighted by molar-refractivity contribution is -0.124. The summed E-state index contributed by atoms with van der Waals surface area (Å²) in [5, 5.41) is 12.2. The van der Waals surface area contributed by atoms with Crippen LogP contribution >= 0.6 is 0 Å². The molecule has 30 heavy (non-hydrogen) atoms. The Hall–Kier alpha value is -3.99. The van der Waals surface area contributed by atoms with Crippen molar-refractivity contribution >= 4 is 17.6 Å². The number of aromatic nitrogens is 1. The number of nitrogens with zero attached hydrogens (tertiary/aromatic N) is 3. The molecular formula is C22H22N4O4. The van der Waals surface area contributed by atoms with Gasteiger partial charge in [0.2, 0.25) is 5.88 Å². The van der Waals surface area contributed by atoms with Gasteiger partial charge < -0.3 is 19.4 Å². The standard InChI is InChI=1S/C22H22N4O4/c1-15-20(18(12-23)21(30-15)26-10-4-5-11-26)22(28)29-14-19(27)24-13-16-6-8-17(9-7-16)25(2)3/h4-11H,13-14H2,1-3H3,(H,24,27). The summed E-state index contributed by atoms with van der Waals surface area (Å²) >= 11 is 0. The van der Waals surface area contributed by atoms with E-state index in [9.17, 15) is 14.9 Å². The van der Waals surface area contributed by atoms with Crippen molar-refractivity contribution in [1.29, 1.82) is 5.26 Å². The van der Waals surface area contributed by atoms with Crippen molar-refractivity contribution in [3.63, 3.8) is 0 Å². The van der Waals surface area contributed by atoms with E-state index in [1.165, 1.54) is 0 Å². The van der Waals surface area contributed by atoms with Crippen molar-refractivity contribution in [1.82, 2.24) is 9.88 Å². The Morgan fingerprint density at radius 2 is 1.87 bits per heavy atom. The third kappa shape index (κ3) is 4.52. The molecule has 1 aromatic carbocycles. The molecular weight excluding hydrogens is 384 g/mol. The predicted octanol–water partition coefficient (Wildman–Crippen LogP) is 2.79. The molecule has 8 nitrogen and oxygen atoms in total. The molecule has 0 bridgehead atoms. The number of nitrogens with one attached hydrogen (secondary N) is 1. The average Bonchev–Trinajstić information content (AvgIpc) is 3.38. The summed E-state index contributed by atoms with van der Waals surface area (Å²) in [5.74, 6) is -0.735. The number of benzene rings is 1. The quantitative estimate of drug-likeness (QED) is 0.606. The third-order valence-electron chi connectivity index (χ3n) is 4.50. The summed E-state index contributed by atoms with van der Waals surface area (Å²) in [5.41, 5.74) is 2.07. The van der Waals surface area contributed by atoms with E-state index in [1.807, 2.05) is 49.3 Å². The van der Waals surface area contributed by atoms with E-state index < -0.39 is 18.5 Å². The number of furan rings is 1. The zero-order valence-corrected chi connectivity index (χ0v) is 17.0. The number of hydrogen-bond donors (Lipinski definition) is 1. The fourth-order valence-corrected chi connectivity index (χ4v) is 2.90. The molecule has 0 saturated carbocycles. The van der Waals surface area contributed by atoms with Gasteiger partial charge in [-0.3, -0.25) is 9.36 Å². The highest BCUT2D eigenvalue weighted by molar-refractivity contribution is 5.95. The van der Waals surface area contributed by atoms with E-state index in [0.29, 0.717) is 6.54 Å². The summed E-state index contributed by atoms with van der Waals surface area (Å²) < 4.78 is 12.3. The van der Waals surface area contributed by atoms with Crippen LogP contribution < -0.4 is 10.2 Å². The van der Waals surface area contributed by atoms with Crippen LogP contribution in [-0.2, 0) is 16.1 Å². The molecule has 0 radical (unpaired) electrons. The first-order valence-corrected chi connectivity index (χ1v) is 9.27.